The fourth-order valence-corrected chi connectivity index (χ4v) is 4.76. The van der Waals surface area contributed by atoms with Gasteiger partial charge in [0.2, 0.25) is 11.8 Å². The van der Waals surface area contributed by atoms with Crippen LogP contribution in [0.3, 0.4) is 0 Å². The van der Waals surface area contributed by atoms with E-state index in [4.69, 9.17) is 9.47 Å². The number of amides is 2. The lowest BCUT2D eigenvalue weighted by atomic mass is 10.0. The summed E-state index contributed by atoms with van der Waals surface area (Å²) < 4.78 is 27.1. The molecule has 1 aromatic heterocycles. The molecule has 1 saturated heterocycles. The van der Waals surface area contributed by atoms with Crippen LogP contribution in [-0.2, 0) is 25.6 Å². The summed E-state index contributed by atoms with van der Waals surface area (Å²) >= 11 is 0. The Morgan fingerprint density at radius 2 is 1.85 bits per heavy atom. The van der Waals surface area contributed by atoms with Gasteiger partial charge in [-0.25, -0.2) is 13.9 Å². The van der Waals surface area contributed by atoms with Gasteiger partial charge in [-0.2, -0.15) is 0 Å². The van der Waals surface area contributed by atoms with Gasteiger partial charge in [0.05, 0.1) is 30.0 Å². The molecule has 40 heavy (non-hydrogen) atoms. The number of hydrogen-bond donors (Lipinski definition) is 1. The van der Waals surface area contributed by atoms with Crippen LogP contribution in [0.2, 0.25) is 0 Å². The number of ether oxygens (including phenoxy) is 2. The molecule has 5 rings (SSSR count). The van der Waals surface area contributed by atoms with Gasteiger partial charge in [-0.3, -0.25) is 14.5 Å². The SMILES string of the molecule is COC(=O)c1ccc([C@@H](C(=O)NC[C@H]2CCCO2)N(C(=O)Cn2nnc3ccccc32)c2ccccc2F)cc1. The number of fused-ring (bicyclic) bond motifs is 1. The molecule has 10 nitrogen and oxygen atoms in total. The van der Waals surface area contributed by atoms with Gasteiger partial charge in [-0.1, -0.05) is 41.6 Å². The van der Waals surface area contributed by atoms with Crippen molar-refractivity contribution in [3.8, 4) is 0 Å². The van der Waals surface area contributed by atoms with Crippen LogP contribution in [0.5, 0.6) is 0 Å². The molecule has 2 atom stereocenters. The van der Waals surface area contributed by atoms with E-state index in [0.717, 1.165) is 17.7 Å². The van der Waals surface area contributed by atoms with Crippen LogP contribution in [0.25, 0.3) is 11.0 Å². The Balaban J connectivity index is 1.55. The second kappa shape index (κ2) is 12.0. The number of methoxy groups -OCH3 is 1. The third-order valence-corrected chi connectivity index (χ3v) is 6.77. The largest absolute Gasteiger partial charge is 0.465 e. The van der Waals surface area contributed by atoms with Gasteiger partial charge in [-0.15, -0.1) is 5.10 Å². The molecule has 11 heteroatoms. The standard InChI is InChI=1S/C29H28FN5O5/c1-39-29(38)20-14-12-19(13-15-20)27(28(37)31-17-21-7-6-16-40-21)35(24-10-4-2-8-22(24)30)26(36)18-34-25-11-5-3-9-23(25)32-33-34/h2-5,8-15,21,27H,6-7,16-18H2,1H3,(H,31,37)/t21-,27+/m1/s1. The second-order valence-corrected chi connectivity index (χ2v) is 9.35. The maximum absolute atomic E-state index is 15.3. The quantitative estimate of drug-likeness (QED) is 0.321. The lowest BCUT2D eigenvalue weighted by molar-refractivity contribution is -0.127. The fraction of sp³-hybridized carbons (Fsp3) is 0.276. The van der Waals surface area contributed by atoms with E-state index in [0.29, 0.717) is 23.2 Å². The molecular formula is C29H28FN5O5. The summed E-state index contributed by atoms with van der Waals surface area (Å²) in [7, 11) is 1.27. The number of hydrogen-bond acceptors (Lipinski definition) is 7. The topological polar surface area (TPSA) is 116 Å². The lowest BCUT2D eigenvalue weighted by Crippen LogP contribution is -2.47. The molecule has 1 fully saturated rings. The summed E-state index contributed by atoms with van der Waals surface area (Å²) in [6.07, 6.45) is 1.55. The van der Waals surface area contributed by atoms with Gasteiger partial charge in [0, 0.05) is 13.2 Å². The van der Waals surface area contributed by atoms with Gasteiger partial charge < -0.3 is 14.8 Å². The molecule has 4 aromatic rings. The van der Waals surface area contributed by atoms with E-state index in [1.165, 1.54) is 42.1 Å². The molecule has 2 heterocycles. The van der Waals surface area contributed by atoms with Crippen molar-refractivity contribution in [1.29, 1.82) is 0 Å². The minimum absolute atomic E-state index is 0.0776. The fourth-order valence-electron chi connectivity index (χ4n) is 4.76. The van der Waals surface area contributed by atoms with E-state index in [2.05, 4.69) is 15.6 Å². The van der Waals surface area contributed by atoms with Crippen LogP contribution < -0.4 is 10.2 Å². The number of esters is 1. The highest BCUT2D eigenvalue weighted by Crippen LogP contribution is 2.31. The number of carbonyl (C=O) groups excluding carboxylic acids is 3. The minimum atomic E-state index is -1.27. The van der Waals surface area contributed by atoms with Crippen LogP contribution >= 0.6 is 0 Å². The van der Waals surface area contributed by atoms with E-state index >= 15 is 4.39 Å². The number of aromatic nitrogens is 3. The van der Waals surface area contributed by atoms with Crippen molar-refractivity contribution in [3.05, 3.63) is 89.7 Å². The van der Waals surface area contributed by atoms with Crippen molar-refractivity contribution >= 4 is 34.5 Å². The number of halogens is 1. The zero-order chi connectivity index (χ0) is 28.1. The van der Waals surface area contributed by atoms with Crippen molar-refractivity contribution in [2.45, 2.75) is 31.5 Å². The Morgan fingerprint density at radius 3 is 2.58 bits per heavy atom. The van der Waals surface area contributed by atoms with Gasteiger partial charge in [-0.05, 0) is 54.8 Å². The predicted octanol–water partition coefficient (Wildman–Crippen LogP) is 3.43. The van der Waals surface area contributed by atoms with Gasteiger partial charge in [0.15, 0.2) is 0 Å². The van der Waals surface area contributed by atoms with Crippen LogP contribution in [0, 0.1) is 5.82 Å². The molecule has 0 aliphatic carbocycles. The molecule has 0 spiro atoms. The van der Waals surface area contributed by atoms with Crippen LogP contribution in [0.4, 0.5) is 10.1 Å². The molecule has 0 saturated carbocycles. The Bertz CT molecular complexity index is 1520. The molecule has 0 unspecified atom stereocenters. The molecule has 1 aliphatic heterocycles. The third kappa shape index (κ3) is 5.69. The highest BCUT2D eigenvalue weighted by atomic mass is 19.1. The number of nitrogens with zero attached hydrogens (tertiary/aromatic N) is 4. The average Bonchev–Trinajstić information content (AvgIpc) is 3.65. The van der Waals surface area contributed by atoms with E-state index < -0.39 is 29.6 Å². The van der Waals surface area contributed by atoms with E-state index in [9.17, 15) is 14.4 Å². The third-order valence-electron chi connectivity index (χ3n) is 6.77. The number of rotatable bonds is 9. The summed E-state index contributed by atoms with van der Waals surface area (Å²) in [5.74, 6) is -2.34. The molecule has 3 aromatic carbocycles. The monoisotopic (exact) mass is 545 g/mol. The summed E-state index contributed by atoms with van der Waals surface area (Å²) in [4.78, 5) is 41.0. The van der Waals surface area contributed by atoms with Gasteiger partial charge >= 0.3 is 5.97 Å². The molecule has 0 radical (unpaired) electrons. The first kappa shape index (κ1) is 26.9. The molecule has 0 bridgehead atoms. The zero-order valence-electron chi connectivity index (χ0n) is 21.8. The molecular weight excluding hydrogens is 517 g/mol. The summed E-state index contributed by atoms with van der Waals surface area (Å²) in [5.41, 5.74) is 1.77. The minimum Gasteiger partial charge on any atom is -0.465 e. The normalized spacial score (nSPS) is 15.5. The van der Waals surface area contributed by atoms with Crippen LogP contribution in [-0.4, -0.2) is 59.1 Å². The van der Waals surface area contributed by atoms with Crippen molar-refractivity contribution < 1.29 is 28.2 Å². The Kier molecular flexibility index (Phi) is 8.11. The number of benzene rings is 3. The number of anilines is 1. The molecule has 206 valence electrons. The highest BCUT2D eigenvalue weighted by Gasteiger charge is 2.35. The summed E-state index contributed by atoms with van der Waals surface area (Å²) in [6.45, 7) is 0.553. The van der Waals surface area contributed by atoms with Crippen LogP contribution in [0.15, 0.2) is 72.8 Å². The van der Waals surface area contributed by atoms with Gasteiger partial charge in [0.25, 0.3) is 0 Å². The first-order chi connectivity index (χ1) is 19.5. The Morgan fingerprint density at radius 1 is 1.10 bits per heavy atom. The Hall–Kier alpha value is -4.64. The number of para-hydroxylation sites is 2. The smallest absolute Gasteiger partial charge is 0.337 e. The van der Waals surface area contributed by atoms with Crippen molar-refractivity contribution in [3.63, 3.8) is 0 Å². The van der Waals surface area contributed by atoms with Crippen molar-refractivity contribution in [2.75, 3.05) is 25.2 Å². The maximum Gasteiger partial charge on any atom is 0.337 e. The predicted molar refractivity (Wildman–Crippen MR) is 144 cm³/mol. The zero-order valence-corrected chi connectivity index (χ0v) is 21.8. The first-order valence-corrected chi connectivity index (χ1v) is 12.9. The van der Waals surface area contributed by atoms with E-state index in [1.54, 1.807) is 42.5 Å². The average molecular weight is 546 g/mol. The second-order valence-electron chi connectivity index (χ2n) is 9.35. The van der Waals surface area contributed by atoms with Gasteiger partial charge in [0.1, 0.15) is 23.9 Å². The van der Waals surface area contributed by atoms with E-state index in [-0.39, 0.29) is 30.4 Å². The number of carbonyl (C=O) groups is 3. The molecule has 1 N–H and O–H groups in total. The van der Waals surface area contributed by atoms with E-state index in [1.807, 2.05) is 0 Å². The molecule has 2 amide bonds. The maximum atomic E-state index is 15.3. The summed E-state index contributed by atoms with van der Waals surface area (Å²) in [5, 5.41) is 11.1. The lowest BCUT2D eigenvalue weighted by Gasteiger charge is -2.32. The first-order valence-electron chi connectivity index (χ1n) is 12.9. The van der Waals surface area contributed by atoms with Crippen molar-refractivity contribution in [2.24, 2.45) is 0 Å². The highest BCUT2D eigenvalue weighted by molar-refractivity contribution is 6.01. The van der Waals surface area contributed by atoms with Crippen molar-refractivity contribution in [1.82, 2.24) is 20.3 Å². The number of nitrogens with one attached hydrogen (secondary N) is 1. The molecule has 1 aliphatic rings. The summed E-state index contributed by atoms with van der Waals surface area (Å²) in [6, 6.07) is 17.7. The Labute approximate surface area is 229 Å². The van der Waals surface area contributed by atoms with Crippen LogP contribution in [0.1, 0.15) is 34.8 Å².